The summed E-state index contributed by atoms with van der Waals surface area (Å²) < 4.78 is 48.3. The molecule has 0 amide bonds. The molecule has 4 aromatic rings. The Kier molecular flexibility index (Phi) is 5.03. The third-order valence-electron chi connectivity index (χ3n) is 5.29. The number of nitrogens with zero attached hydrogens (tertiary/aromatic N) is 3. The second-order valence-electron chi connectivity index (χ2n) is 7.34. The van der Waals surface area contributed by atoms with E-state index in [9.17, 15) is 13.2 Å². The summed E-state index contributed by atoms with van der Waals surface area (Å²) in [5, 5.41) is 10.9. The summed E-state index contributed by atoms with van der Waals surface area (Å²) in [7, 11) is 0. The van der Waals surface area contributed by atoms with Gasteiger partial charge in [-0.25, -0.2) is 18.2 Å². The van der Waals surface area contributed by atoms with Crippen LogP contribution in [0.15, 0.2) is 48.8 Å². The van der Waals surface area contributed by atoms with Gasteiger partial charge >= 0.3 is 0 Å². The monoisotopic (exact) mass is 425 g/mol. The van der Waals surface area contributed by atoms with E-state index in [1.807, 2.05) is 0 Å². The number of rotatable bonds is 4. The Balaban J connectivity index is 1.52. The van der Waals surface area contributed by atoms with Crippen molar-refractivity contribution >= 4 is 10.9 Å². The Bertz CT molecular complexity index is 1220. The van der Waals surface area contributed by atoms with E-state index in [0.717, 1.165) is 0 Å². The largest absolute Gasteiger partial charge is 0.469 e. The highest BCUT2D eigenvalue weighted by atomic mass is 19.1. The molecule has 5 rings (SSSR count). The molecule has 1 saturated heterocycles. The molecule has 3 heterocycles. The van der Waals surface area contributed by atoms with E-state index in [2.05, 4.69) is 25.5 Å². The van der Waals surface area contributed by atoms with Crippen molar-refractivity contribution in [1.29, 1.82) is 0 Å². The van der Waals surface area contributed by atoms with Crippen molar-refractivity contribution in [2.45, 2.75) is 18.7 Å². The summed E-state index contributed by atoms with van der Waals surface area (Å²) in [6.07, 6.45) is 1.56. The van der Waals surface area contributed by atoms with Crippen LogP contribution in [0.25, 0.3) is 33.4 Å². The van der Waals surface area contributed by atoms with Gasteiger partial charge in [-0.1, -0.05) is 12.1 Å². The van der Waals surface area contributed by atoms with Crippen LogP contribution in [0.2, 0.25) is 0 Å². The highest BCUT2D eigenvalue weighted by molar-refractivity contribution is 5.94. The lowest BCUT2D eigenvalue weighted by molar-refractivity contribution is 0.0705. The maximum absolute atomic E-state index is 14.3. The molecule has 2 N–H and O–H groups in total. The van der Waals surface area contributed by atoms with E-state index in [4.69, 9.17) is 4.74 Å². The molecule has 0 spiro atoms. The number of halogens is 3. The fourth-order valence-electron chi connectivity index (χ4n) is 3.73. The van der Waals surface area contributed by atoms with Gasteiger partial charge in [-0.3, -0.25) is 10.1 Å². The number of hydrogen-bond donors (Lipinski definition) is 2. The normalized spacial score (nSPS) is 18.9. The molecule has 31 heavy (non-hydrogen) atoms. The zero-order valence-corrected chi connectivity index (χ0v) is 16.3. The lowest BCUT2D eigenvalue weighted by Gasteiger charge is -2.26. The number of fused-ring (bicyclic) bond motifs is 1. The molecule has 2 aromatic heterocycles. The van der Waals surface area contributed by atoms with Crippen LogP contribution in [-0.2, 0) is 0 Å². The van der Waals surface area contributed by atoms with Crippen LogP contribution >= 0.6 is 0 Å². The average Bonchev–Trinajstić information content (AvgIpc) is 3.19. The van der Waals surface area contributed by atoms with Crippen molar-refractivity contribution in [2.75, 3.05) is 13.1 Å². The van der Waals surface area contributed by atoms with Gasteiger partial charge < -0.3 is 10.1 Å². The number of aromatic amines is 1. The van der Waals surface area contributed by atoms with Crippen LogP contribution < -0.4 is 10.1 Å². The van der Waals surface area contributed by atoms with E-state index in [1.165, 1.54) is 30.6 Å². The van der Waals surface area contributed by atoms with Gasteiger partial charge in [0.15, 0.2) is 0 Å². The molecule has 2 atom stereocenters. The predicted octanol–water partition coefficient (Wildman–Crippen LogP) is 4.04. The van der Waals surface area contributed by atoms with Crippen molar-refractivity contribution in [3.63, 3.8) is 0 Å². The van der Waals surface area contributed by atoms with Crippen LogP contribution in [0.1, 0.15) is 6.42 Å². The summed E-state index contributed by atoms with van der Waals surface area (Å²) in [5.41, 5.74) is 1.78. The summed E-state index contributed by atoms with van der Waals surface area (Å²) in [5.74, 6) is -1.12. The fourth-order valence-corrected chi connectivity index (χ4v) is 3.73. The summed E-state index contributed by atoms with van der Waals surface area (Å²) in [6.45, 7) is 0.993. The number of aromatic nitrogens is 4. The minimum absolute atomic E-state index is 0.112. The highest BCUT2D eigenvalue weighted by Gasteiger charge is 2.27. The number of H-pyrrole nitrogens is 1. The molecule has 1 aliphatic rings. The standard InChI is InChI=1S/C22H18F3N5O/c23-14-6-7-26-10-19(14)31-20-11-27-9-18(28-20)22-13-8-12(4-5-17(13)29-30-22)21-15(24)2-1-3-16(21)25/h1-5,8-9,11,14,19,26H,6-7,10H2,(H,29,30). The highest BCUT2D eigenvalue weighted by Crippen LogP contribution is 2.32. The van der Waals surface area contributed by atoms with Crippen molar-refractivity contribution in [2.24, 2.45) is 0 Å². The van der Waals surface area contributed by atoms with E-state index in [1.54, 1.807) is 18.2 Å². The summed E-state index contributed by atoms with van der Waals surface area (Å²) in [4.78, 5) is 8.56. The zero-order valence-electron chi connectivity index (χ0n) is 16.3. The Morgan fingerprint density at radius 2 is 1.90 bits per heavy atom. The maximum Gasteiger partial charge on any atom is 0.233 e. The first-order valence-corrected chi connectivity index (χ1v) is 9.86. The molecule has 0 aliphatic carbocycles. The van der Waals surface area contributed by atoms with Crippen LogP contribution in [0.5, 0.6) is 5.88 Å². The lowest BCUT2D eigenvalue weighted by Crippen LogP contribution is -2.45. The Morgan fingerprint density at radius 1 is 1.06 bits per heavy atom. The first-order valence-electron chi connectivity index (χ1n) is 9.86. The Hall–Kier alpha value is -3.46. The van der Waals surface area contributed by atoms with Gasteiger partial charge in [-0.15, -0.1) is 0 Å². The number of hydrogen-bond acceptors (Lipinski definition) is 5. The molecule has 2 unspecified atom stereocenters. The zero-order chi connectivity index (χ0) is 21.4. The molecule has 6 nitrogen and oxygen atoms in total. The van der Waals surface area contributed by atoms with Crippen molar-refractivity contribution < 1.29 is 17.9 Å². The van der Waals surface area contributed by atoms with Crippen molar-refractivity contribution in [1.82, 2.24) is 25.5 Å². The molecular formula is C22H18F3N5O. The van der Waals surface area contributed by atoms with E-state index in [-0.39, 0.29) is 11.4 Å². The second kappa shape index (κ2) is 7.99. The first kappa shape index (κ1) is 19.5. The molecule has 9 heteroatoms. The third-order valence-corrected chi connectivity index (χ3v) is 5.29. The molecule has 0 bridgehead atoms. The Morgan fingerprint density at radius 3 is 2.71 bits per heavy atom. The van der Waals surface area contributed by atoms with Crippen molar-refractivity contribution in [3.05, 3.63) is 60.4 Å². The van der Waals surface area contributed by atoms with Gasteiger partial charge in [0.1, 0.15) is 35.3 Å². The number of alkyl halides is 1. The SMILES string of the molecule is Fc1cccc(F)c1-c1ccc2[nH]nc(-c3cncc(OC4CNCCC4F)n3)c2c1. The third kappa shape index (κ3) is 3.72. The molecule has 2 aromatic carbocycles. The quantitative estimate of drug-likeness (QED) is 0.516. The van der Waals surface area contributed by atoms with E-state index in [0.29, 0.717) is 47.4 Å². The molecule has 158 valence electrons. The molecule has 0 radical (unpaired) electrons. The first-order chi connectivity index (χ1) is 15.1. The second-order valence-corrected chi connectivity index (χ2v) is 7.34. The smallest absolute Gasteiger partial charge is 0.233 e. The van der Waals surface area contributed by atoms with Gasteiger partial charge in [0.05, 0.1) is 23.5 Å². The van der Waals surface area contributed by atoms with Gasteiger partial charge in [0.2, 0.25) is 5.88 Å². The molecular weight excluding hydrogens is 407 g/mol. The lowest BCUT2D eigenvalue weighted by atomic mass is 10.0. The predicted molar refractivity (Wildman–Crippen MR) is 109 cm³/mol. The Labute approximate surface area is 175 Å². The van der Waals surface area contributed by atoms with Gasteiger partial charge in [-0.05, 0) is 42.8 Å². The maximum atomic E-state index is 14.3. The average molecular weight is 425 g/mol. The van der Waals surface area contributed by atoms with Gasteiger partial charge in [-0.2, -0.15) is 5.10 Å². The fraction of sp³-hybridized carbons (Fsp3) is 0.227. The van der Waals surface area contributed by atoms with Crippen LogP contribution in [0.4, 0.5) is 13.2 Å². The molecule has 0 saturated carbocycles. The number of ether oxygens (including phenoxy) is 1. The number of piperidine rings is 1. The topological polar surface area (TPSA) is 75.7 Å². The molecule has 1 fully saturated rings. The van der Waals surface area contributed by atoms with Crippen LogP contribution in [0.3, 0.4) is 0 Å². The van der Waals surface area contributed by atoms with Gasteiger partial charge in [0.25, 0.3) is 0 Å². The molecule has 1 aliphatic heterocycles. The minimum Gasteiger partial charge on any atom is -0.469 e. The summed E-state index contributed by atoms with van der Waals surface area (Å²) in [6, 6.07) is 8.71. The minimum atomic E-state index is -1.09. The number of nitrogens with one attached hydrogen (secondary N) is 2. The van der Waals surface area contributed by atoms with Crippen LogP contribution in [-0.4, -0.2) is 45.5 Å². The number of benzene rings is 2. The van der Waals surface area contributed by atoms with Gasteiger partial charge in [0, 0.05) is 11.9 Å². The van der Waals surface area contributed by atoms with E-state index >= 15 is 0 Å². The summed E-state index contributed by atoms with van der Waals surface area (Å²) >= 11 is 0. The van der Waals surface area contributed by atoms with E-state index < -0.39 is 23.9 Å². The van der Waals surface area contributed by atoms with Crippen LogP contribution in [0, 0.1) is 11.6 Å². The van der Waals surface area contributed by atoms with Crippen molar-refractivity contribution in [3.8, 4) is 28.4 Å².